The summed E-state index contributed by atoms with van der Waals surface area (Å²) in [6.45, 7) is 1.79. The van der Waals surface area contributed by atoms with Gasteiger partial charge in [-0.1, -0.05) is 12.1 Å². The summed E-state index contributed by atoms with van der Waals surface area (Å²) in [4.78, 5) is 9.58. The van der Waals surface area contributed by atoms with Crippen LogP contribution in [0.1, 0.15) is 11.5 Å². The van der Waals surface area contributed by atoms with Gasteiger partial charge in [-0.3, -0.25) is 0 Å². The Morgan fingerprint density at radius 2 is 1.88 bits per heavy atom. The van der Waals surface area contributed by atoms with Gasteiger partial charge in [0, 0.05) is 16.5 Å². The molecule has 0 unspecified atom stereocenters. The zero-order valence-corrected chi connectivity index (χ0v) is 10.5. The minimum Gasteiger partial charge on any atom is -0.233 e. The minimum absolute atomic E-state index is 0.404. The van der Waals surface area contributed by atoms with Crippen molar-refractivity contribution in [2.75, 3.05) is 6.26 Å². The molecule has 0 amide bonds. The summed E-state index contributed by atoms with van der Waals surface area (Å²) in [6.07, 6.45) is 2.04. The molecule has 0 aliphatic carbocycles. The van der Waals surface area contributed by atoms with Crippen molar-refractivity contribution < 1.29 is 0 Å². The van der Waals surface area contributed by atoms with Gasteiger partial charge in [0.1, 0.15) is 17.6 Å². The predicted molar refractivity (Wildman–Crippen MR) is 68.7 cm³/mol. The molecule has 4 heteroatoms. The van der Waals surface area contributed by atoms with Crippen molar-refractivity contribution in [3.05, 3.63) is 41.9 Å². The highest BCUT2D eigenvalue weighted by molar-refractivity contribution is 7.98. The number of rotatable bonds is 2. The first kappa shape index (κ1) is 11.6. The highest BCUT2D eigenvalue weighted by atomic mass is 32.2. The second-order valence-electron chi connectivity index (χ2n) is 3.53. The second-order valence-corrected chi connectivity index (χ2v) is 4.41. The van der Waals surface area contributed by atoms with Crippen molar-refractivity contribution in [2.24, 2.45) is 0 Å². The van der Waals surface area contributed by atoms with Crippen LogP contribution in [0.4, 0.5) is 0 Å². The molecule has 0 aliphatic rings. The number of hydrogen-bond acceptors (Lipinski definition) is 4. The third-order valence-electron chi connectivity index (χ3n) is 2.34. The van der Waals surface area contributed by atoms with Gasteiger partial charge < -0.3 is 0 Å². The molecule has 2 aromatic rings. The van der Waals surface area contributed by atoms with Gasteiger partial charge in [-0.2, -0.15) is 5.26 Å². The van der Waals surface area contributed by atoms with Crippen LogP contribution in [0.15, 0.2) is 35.2 Å². The van der Waals surface area contributed by atoms with E-state index in [1.807, 2.05) is 36.6 Å². The first-order chi connectivity index (χ1) is 8.22. The largest absolute Gasteiger partial charge is 0.233 e. The van der Waals surface area contributed by atoms with Crippen molar-refractivity contribution >= 4 is 11.8 Å². The molecule has 0 bridgehead atoms. The van der Waals surface area contributed by atoms with E-state index >= 15 is 0 Å². The van der Waals surface area contributed by atoms with Crippen LogP contribution >= 0.6 is 11.8 Å². The first-order valence-electron chi connectivity index (χ1n) is 5.13. The van der Waals surface area contributed by atoms with E-state index < -0.39 is 0 Å². The van der Waals surface area contributed by atoms with Crippen LogP contribution in [0.3, 0.4) is 0 Å². The molecule has 1 aromatic heterocycles. The van der Waals surface area contributed by atoms with E-state index in [2.05, 4.69) is 9.97 Å². The van der Waals surface area contributed by atoms with E-state index in [0.717, 1.165) is 11.3 Å². The van der Waals surface area contributed by atoms with Crippen LogP contribution in [-0.2, 0) is 0 Å². The van der Waals surface area contributed by atoms with Crippen molar-refractivity contribution in [3.63, 3.8) is 0 Å². The summed E-state index contributed by atoms with van der Waals surface area (Å²) in [7, 11) is 0. The second kappa shape index (κ2) is 4.98. The number of hydrogen-bond donors (Lipinski definition) is 0. The zero-order valence-electron chi connectivity index (χ0n) is 9.64. The maximum atomic E-state index is 8.87. The lowest BCUT2D eigenvalue weighted by molar-refractivity contribution is 1.04. The van der Waals surface area contributed by atoms with Gasteiger partial charge in [0.05, 0.1) is 5.69 Å². The molecule has 2 rings (SSSR count). The van der Waals surface area contributed by atoms with E-state index in [9.17, 15) is 0 Å². The molecule has 0 fully saturated rings. The summed E-state index contributed by atoms with van der Waals surface area (Å²) >= 11 is 1.70. The van der Waals surface area contributed by atoms with Gasteiger partial charge in [-0.25, -0.2) is 9.97 Å². The average molecular weight is 241 g/mol. The van der Waals surface area contributed by atoms with E-state index in [4.69, 9.17) is 5.26 Å². The third-order valence-corrected chi connectivity index (χ3v) is 3.08. The van der Waals surface area contributed by atoms with Gasteiger partial charge in [-0.05, 0) is 25.3 Å². The molecule has 0 radical (unpaired) electrons. The number of benzene rings is 1. The van der Waals surface area contributed by atoms with Gasteiger partial charge >= 0.3 is 0 Å². The minimum atomic E-state index is 0.404. The van der Waals surface area contributed by atoms with Crippen molar-refractivity contribution in [2.45, 2.75) is 11.8 Å². The number of aromatic nitrogens is 2. The standard InChI is InChI=1S/C13H11N3S/c1-9-15-11(8-14)7-13(16-9)10-3-5-12(17-2)6-4-10/h3-7H,1-2H3. The fourth-order valence-corrected chi connectivity index (χ4v) is 1.94. The summed E-state index contributed by atoms with van der Waals surface area (Å²) in [6, 6.07) is 11.9. The molecule has 1 heterocycles. The molecule has 0 aliphatic heterocycles. The molecular formula is C13H11N3S. The predicted octanol–water partition coefficient (Wildman–Crippen LogP) is 3.05. The fraction of sp³-hybridized carbons (Fsp3) is 0.154. The SMILES string of the molecule is CSc1ccc(-c2cc(C#N)nc(C)n2)cc1. The Balaban J connectivity index is 2.45. The third kappa shape index (κ3) is 2.63. The Morgan fingerprint density at radius 1 is 1.18 bits per heavy atom. The Kier molecular flexibility index (Phi) is 3.40. The molecule has 0 spiro atoms. The first-order valence-corrected chi connectivity index (χ1v) is 6.35. The van der Waals surface area contributed by atoms with Crippen molar-refractivity contribution in [1.82, 2.24) is 9.97 Å². The van der Waals surface area contributed by atoms with Crippen LogP contribution in [-0.4, -0.2) is 16.2 Å². The topological polar surface area (TPSA) is 49.6 Å². The highest BCUT2D eigenvalue weighted by Crippen LogP contribution is 2.21. The monoisotopic (exact) mass is 241 g/mol. The van der Waals surface area contributed by atoms with E-state index in [0.29, 0.717) is 11.5 Å². The van der Waals surface area contributed by atoms with Crippen molar-refractivity contribution in [1.29, 1.82) is 5.26 Å². The molecule has 1 aromatic carbocycles. The molecule has 0 saturated heterocycles. The van der Waals surface area contributed by atoms with E-state index in [-0.39, 0.29) is 0 Å². The molecule has 3 nitrogen and oxygen atoms in total. The zero-order chi connectivity index (χ0) is 12.3. The molecule has 17 heavy (non-hydrogen) atoms. The highest BCUT2D eigenvalue weighted by Gasteiger charge is 2.04. The van der Waals surface area contributed by atoms with Crippen LogP contribution < -0.4 is 0 Å². The van der Waals surface area contributed by atoms with Gasteiger partial charge in [0.25, 0.3) is 0 Å². The number of nitriles is 1. The summed E-state index contributed by atoms with van der Waals surface area (Å²) in [5.41, 5.74) is 2.20. The Hall–Kier alpha value is -1.86. The fourth-order valence-electron chi connectivity index (χ4n) is 1.53. The summed E-state index contributed by atoms with van der Waals surface area (Å²) in [5, 5.41) is 8.87. The molecule has 84 valence electrons. The van der Waals surface area contributed by atoms with Crippen LogP contribution in [0.25, 0.3) is 11.3 Å². The Labute approximate surface area is 105 Å². The maximum Gasteiger partial charge on any atom is 0.144 e. The molecule has 0 saturated carbocycles. The quantitative estimate of drug-likeness (QED) is 0.758. The Morgan fingerprint density at radius 3 is 2.47 bits per heavy atom. The lowest BCUT2D eigenvalue weighted by atomic mass is 10.1. The van der Waals surface area contributed by atoms with E-state index in [1.165, 1.54) is 4.90 Å². The summed E-state index contributed by atoms with van der Waals surface area (Å²) in [5.74, 6) is 0.619. The molecule has 0 N–H and O–H groups in total. The van der Waals surface area contributed by atoms with Crippen LogP contribution in [0.5, 0.6) is 0 Å². The number of aryl methyl sites for hydroxylation is 1. The van der Waals surface area contributed by atoms with Crippen LogP contribution in [0.2, 0.25) is 0 Å². The lowest BCUT2D eigenvalue weighted by Gasteiger charge is -2.03. The van der Waals surface area contributed by atoms with Gasteiger partial charge in [0.15, 0.2) is 0 Å². The van der Waals surface area contributed by atoms with Crippen molar-refractivity contribution in [3.8, 4) is 17.3 Å². The lowest BCUT2D eigenvalue weighted by Crippen LogP contribution is -1.94. The van der Waals surface area contributed by atoms with Gasteiger partial charge in [0.2, 0.25) is 0 Å². The smallest absolute Gasteiger partial charge is 0.144 e. The number of nitrogens with zero attached hydrogens (tertiary/aromatic N) is 3. The number of thioether (sulfide) groups is 1. The normalized spacial score (nSPS) is 9.94. The summed E-state index contributed by atoms with van der Waals surface area (Å²) < 4.78 is 0. The maximum absolute atomic E-state index is 8.87. The Bertz CT molecular complexity index is 570. The van der Waals surface area contributed by atoms with Gasteiger partial charge in [-0.15, -0.1) is 11.8 Å². The molecular weight excluding hydrogens is 230 g/mol. The van der Waals surface area contributed by atoms with Crippen LogP contribution in [0, 0.1) is 18.3 Å². The average Bonchev–Trinajstić information content (AvgIpc) is 2.38. The van der Waals surface area contributed by atoms with E-state index in [1.54, 1.807) is 24.8 Å². The molecule has 0 atom stereocenters.